The summed E-state index contributed by atoms with van der Waals surface area (Å²) in [6.07, 6.45) is 0. The van der Waals surface area contributed by atoms with Crippen molar-refractivity contribution in [1.82, 2.24) is 5.32 Å². The van der Waals surface area contributed by atoms with Gasteiger partial charge in [0.05, 0.1) is 11.8 Å². The number of aryl methyl sites for hydroxylation is 2. The molecule has 23 heavy (non-hydrogen) atoms. The van der Waals surface area contributed by atoms with Crippen LogP contribution in [0.5, 0.6) is 0 Å². The van der Waals surface area contributed by atoms with E-state index in [1.54, 1.807) is 12.1 Å². The van der Waals surface area contributed by atoms with Crippen molar-refractivity contribution >= 4 is 17.7 Å². The second-order valence-corrected chi connectivity index (χ2v) is 6.72. The van der Waals surface area contributed by atoms with E-state index < -0.39 is 0 Å². The fraction of sp³-hybridized carbons (Fsp3) is 0.316. The highest BCUT2D eigenvalue weighted by Crippen LogP contribution is 2.20. The molecule has 1 unspecified atom stereocenters. The molecule has 2 rings (SSSR count). The Morgan fingerprint density at radius 3 is 2.70 bits per heavy atom. The summed E-state index contributed by atoms with van der Waals surface area (Å²) in [7, 11) is 0. The van der Waals surface area contributed by atoms with Gasteiger partial charge in [0.25, 0.3) is 0 Å². The predicted molar refractivity (Wildman–Crippen MR) is 95.0 cm³/mol. The first-order valence-corrected chi connectivity index (χ1v) is 8.80. The topological polar surface area (TPSA) is 29.1 Å². The first kappa shape index (κ1) is 17.5. The van der Waals surface area contributed by atoms with Crippen LogP contribution < -0.4 is 5.32 Å². The van der Waals surface area contributed by atoms with Gasteiger partial charge < -0.3 is 5.32 Å². The summed E-state index contributed by atoms with van der Waals surface area (Å²) in [5, 5.41) is 3.01. The Morgan fingerprint density at radius 1 is 1.22 bits per heavy atom. The largest absolute Gasteiger partial charge is 0.349 e. The third-order valence-corrected chi connectivity index (χ3v) is 4.71. The molecule has 2 aromatic rings. The average molecular weight is 331 g/mol. The minimum Gasteiger partial charge on any atom is -0.349 e. The molecule has 1 N–H and O–H groups in total. The van der Waals surface area contributed by atoms with Crippen molar-refractivity contribution in [3.63, 3.8) is 0 Å². The summed E-state index contributed by atoms with van der Waals surface area (Å²) < 4.78 is 13.5. The standard InChI is InChI=1S/C19H22FNOS/c1-13-8-9-14(2)17(10-13)15(3)21-19(22)12-23-11-16-6-4-5-7-18(16)20/h4-10,15H,11-12H2,1-3H3,(H,21,22). The van der Waals surface area contributed by atoms with Crippen LogP contribution in [0.25, 0.3) is 0 Å². The molecule has 0 radical (unpaired) electrons. The highest BCUT2D eigenvalue weighted by Gasteiger charge is 2.12. The summed E-state index contributed by atoms with van der Waals surface area (Å²) in [5.41, 5.74) is 4.12. The van der Waals surface area contributed by atoms with E-state index in [0.29, 0.717) is 17.1 Å². The Hall–Kier alpha value is -1.81. The van der Waals surface area contributed by atoms with Gasteiger partial charge in [0, 0.05) is 5.75 Å². The van der Waals surface area contributed by atoms with E-state index in [1.807, 2.05) is 26.8 Å². The molecule has 1 atom stereocenters. The van der Waals surface area contributed by atoms with Crippen molar-refractivity contribution in [2.45, 2.75) is 32.6 Å². The van der Waals surface area contributed by atoms with E-state index in [1.165, 1.54) is 29.0 Å². The van der Waals surface area contributed by atoms with Gasteiger partial charge in [0.1, 0.15) is 5.82 Å². The minimum atomic E-state index is -0.218. The van der Waals surface area contributed by atoms with Gasteiger partial charge in [-0.25, -0.2) is 4.39 Å². The van der Waals surface area contributed by atoms with Crippen LogP contribution in [0, 0.1) is 19.7 Å². The lowest BCUT2D eigenvalue weighted by Crippen LogP contribution is -2.28. The number of hydrogen-bond acceptors (Lipinski definition) is 2. The van der Waals surface area contributed by atoms with Crippen LogP contribution in [0.3, 0.4) is 0 Å². The van der Waals surface area contributed by atoms with Crippen LogP contribution in [0.4, 0.5) is 4.39 Å². The van der Waals surface area contributed by atoms with E-state index in [2.05, 4.69) is 23.5 Å². The van der Waals surface area contributed by atoms with Gasteiger partial charge in [0.15, 0.2) is 0 Å². The summed E-state index contributed by atoms with van der Waals surface area (Å²) in [4.78, 5) is 12.1. The number of halogens is 1. The molecule has 0 aliphatic heterocycles. The SMILES string of the molecule is Cc1ccc(C)c(C(C)NC(=O)CSCc2ccccc2F)c1. The van der Waals surface area contributed by atoms with Gasteiger partial charge >= 0.3 is 0 Å². The highest BCUT2D eigenvalue weighted by molar-refractivity contribution is 7.99. The van der Waals surface area contributed by atoms with Crippen molar-refractivity contribution in [3.05, 3.63) is 70.5 Å². The number of carbonyl (C=O) groups is 1. The molecule has 0 aliphatic carbocycles. The Morgan fingerprint density at radius 2 is 1.96 bits per heavy atom. The van der Waals surface area contributed by atoms with Gasteiger partial charge in [-0.2, -0.15) is 0 Å². The Labute approximate surface area is 141 Å². The van der Waals surface area contributed by atoms with Gasteiger partial charge in [-0.3, -0.25) is 4.79 Å². The molecule has 0 aliphatic rings. The van der Waals surface area contributed by atoms with E-state index >= 15 is 0 Å². The number of carbonyl (C=O) groups excluding carboxylic acids is 1. The molecule has 4 heteroatoms. The first-order valence-electron chi connectivity index (χ1n) is 7.65. The molecule has 1 amide bonds. The van der Waals surface area contributed by atoms with E-state index in [0.717, 1.165) is 5.56 Å². The molecule has 0 fully saturated rings. The first-order chi connectivity index (χ1) is 11.0. The van der Waals surface area contributed by atoms with Crippen molar-refractivity contribution in [1.29, 1.82) is 0 Å². The molecule has 0 saturated heterocycles. The van der Waals surface area contributed by atoms with E-state index in [4.69, 9.17) is 0 Å². The zero-order chi connectivity index (χ0) is 16.8. The van der Waals surface area contributed by atoms with Crippen molar-refractivity contribution in [3.8, 4) is 0 Å². The van der Waals surface area contributed by atoms with Crippen LogP contribution in [0.15, 0.2) is 42.5 Å². The molecular formula is C19H22FNOS. The molecule has 0 spiro atoms. The lowest BCUT2D eigenvalue weighted by Gasteiger charge is -2.17. The predicted octanol–water partition coefficient (Wildman–Crippen LogP) is 4.55. The fourth-order valence-electron chi connectivity index (χ4n) is 2.46. The Balaban J connectivity index is 1.85. The van der Waals surface area contributed by atoms with Gasteiger partial charge in [0.2, 0.25) is 5.91 Å². The van der Waals surface area contributed by atoms with Crippen LogP contribution in [-0.4, -0.2) is 11.7 Å². The lowest BCUT2D eigenvalue weighted by atomic mass is 10.00. The van der Waals surface area contributed by atoms with Crippen LogP contribution in [0.2, 0.25) is 0 Å². The summed E-state index contributed by atoms with van der Waals surface area (Å²) in [6, 6.07) is 12.9. The molecule has 122 valence electrons. The Kier molecular flexibility index (Phi) is 6.22. The van der Waals surface area contributed by atoms with E-state index in [-0.39, 0.29) is 17.8 Å². The number of rotatable bonds is 6. The maximum Gasteiger partial charge on any atom is 0.230 e. The fourth-order valence-corrected chi connectivity index (χ4v) is 3.28. The van der Waals surface area contributed by atoms with Crippen molar-refractivity contribution in [2.24, 2.45) is 0 Å². The zero-order valence-electron chi connectivity index (χ0n) is 13.7. The summed E-state index contributed by atoms with van der Waals surface area (Å²) in [5.74, 6) is 0.575. The third-order valence-electron chi connectivity index (χ3n) is 3.73. The molecule has 2 aromatic carbocycles. The summed E-state index contributed by atoms with van der Waals surface area (Å²) >= 11 is 1.42. The van der Waals surface area contributed by atoms with Crippen LogP contribution in [-0.2, 0) is 10.5 Å². The molecule has 0 bridgehead atoms. The maximum absolute atomic E-state index is 13.5. The molecular weight excluding hydrogens is 309 g/mol. The van der Waals surface area contributed by atoms with Crippen molar-refractivity contribution < 1.29 is 9.18 Å². The monoisotopic (exact) mass is 331 g/mol. The average Bonchev–Trinajstić information content (AvgIpc) is 2.51. The quantitative estimate of drug-likeness (QED) is 0.841. The maximum atomic E-state index is 13.5. The van der Waals surface area contributed by atoms with Crippen LogP contribution >= 0.6 is 11.8 Å². The molecule has 2 nitrogen and oxygen atoms in total. The van der Waals surface area contributed by atoms with E-state index in [9.17, 15) is 9.18 Å². The molecule has 0 heterocycles. The van der Waals surface area contributed by atoms with Gasteiger partial charge in [-0.1, -0.05) is 42.0 Å². The van der Waals surface area contributed by atoms with Crippen molar-refractivity contribution in [2.75, 3.05) is 5.75 Å². The second-order valence-electron chi connectivity index (χ2n) is 5.73. The highest BCUT2D eigenvalue weighted by atomic mass is 32.2. The van der Waals surface area contributed by atoms with Gasteiger partial charge in [-0.05, 0) is 43.5 Å². The molecule has 0 saturated carbocycles. The Bertz CT molecular complexity index is 687. The number of thioether (sulfide) groups is 1. The number of nitrogens with one attached hydrogen (secondary N) is 1. The zero-order valence-corrected chi connectivity index (χ0v) is 14.5. The third kappa shape index (κ3) is 5.10. The summed E-state index contributed by atoms with van der Waals surface area (Å²) in [6.45, 7) is 6.08. The smallest absolute Gasteiger partial charge is 0.230 e. The van der Waals surface area contributed by atoms with Crippen LogP contribution in [0.1, 0.15) is 35.2 Å². The minimum absolute atomic E-state index is 0.0280. The second kappa shape index (κ2) is 8.16. The lowest BCUT2D eigenvalue weighted by molar-refractivity contribution is -0.119. The van der Waals surface area contributed by atoms with Gasteiger partial charge in [-0.15, -0.1) is 11.8 Å². The number of benzene rings is 2. The normalized spacial score (nSPS) is 12.0. The molecule has 0 aromatic heterocycles. The number of amides is 1. The number of hydrogen-bond donors (Lipinski definition) is 1.